The monoisotopic (exact) mass is 261 g/mol. The normalized spacial score (nSPS) is 20.2. The van der Waals surface area contributed by atoms with Crippen LogP contribution in [0.25, 0.3) is 10.2 Å². The number of nitrogens with zero attached hydrogens (tertiary/aromatic N) is 2. The van der Waals surface area contributed by atoms with Crippen LogP contribution in [-0.4, -0.2) is 31.7 Å². The lowest BCUT2D eigenvalue weighted by Crippen LogP contribution is -2.36. The molecule has 0 aliphatic carbocycles. The van der Waals surface area contributed by atoms with Crippen LogP contribution in [0.5, 0.6) is 0 Å². The van der Waals surface area contributed by atoms with Gasteiger partial charge in [-0.1, -0.05) is 23.5 Å². The maximum Gasteiger partial charge on any atom is 0.186 e. The van der Waals surface area contributed by atoms with Crippen LogP contribution in [-0.2, 0) is 0 Å². The summed E-state index contributed by atoms with van der Waals surface area (Å²) in [6, 6.07) is 8.37. The van der Waals surface area contributed by atoms with E-state index in [2.05, 4.69) is 41.5 Å². The maximum absolute atomic E-state index is 4.70. The highest BCUT2D eigenvalue weighted by Crippen LogP contribution is 2.28. The summed E-state index contributed by atoms with van der Waals surface area (Å²) in [5, 5.41) is 4.62. The molecule has 96 valence electrons. The quantitative estimate of drug-likeness (QED) is 0.921. The predicted molar refractivity (Wildman–Crippen MR) is 78.5 cm³/mol. The first-order chi connectivity index (χ1) is 8.83. The Bertz CT molecular complexity index is 483. The standard InChI is InChI=1S/C14H19N3S/c1-17(10-11-5-4-8-15-9-11)14-16-12-6-2-3-7-13(12)18-14/h2-3,6-7,11,15H,4-5,8-10H2,1H3. The Balaban J connectivity index is 1.72. The molecule has 2 heterocycles. The van der Waals surface area contributed by atoms with Gasteiger partial charge in [-0.15, -0.1) is 0 Å². The van der Waals surface area contributed by atoms with Gasteiger partial charge in [0, 0.05) is 13.6 Å². The number of para-hydroxylation sites is 1. The van der Waals surface area contributed by atoms with Crippen molar-refractivity contribution >= 4 is 26.7 Å². The van der Waals surface area contributed by atoms with Crippen molar-refractivity contribution in [3.8, 4) is 0 Å². The minimum absolute atomic E-state index is 0.760. The molecule has 3 rings (SSSR count). The summed E-state index contributed by atoms with van der Waals surface area (Å²) in [5.41, 5.74) is 1.12. The zero-order valence-corrected chi connectivity index (χ0v) is 11.5. The SMILES string of the molecule is CN(CC1CCCNC1)c1nc2ccccc2s1. The fraction of sp³-hybridized carbons (Fsp3) is 0.500. The van der Waals surface area contributed by atoms with E-state index < -0.39 is 0 Å². The number of rotatable bonds is 3. The summed E-state index contributed by atoms with van der Waals surface area (Å²) in [5.74, 6) is 0.760. The molecule has 0 saturated carbocycles. The van der Waals surface area contributed by atoms with Gasteiger partial charge >= 0.3 is 0 Å². The molecular formula is C14H19N3S. The summed E-state index contributed by atoms with van der Waals surface area (Å²) >= 11 is 1.79. The van der Waals surface area contributed by atoms with Crippen LogP contribution in [0.15, 0.2) is 24.3 Å². The minimum atomic E-state index is 0.760. The van der Waals surface area contributed by atoms with Crippen LogP contribution in [0.2, 0.25) is 0 Å². The molecule has 1 atom stereocenters. The molecule has 1 aliphatic rings. The molecule has 3 nitrogen and oxygen atoms in total. The fourth-order valence-electron chi connectivity index (χ4n) is 2.57. The van der Waals surface area contributed by atoms with Gasteiger partial charge < -0.3 is 10.2 Å². The summed E-state index contributed by atoms with van der Waals surface area (Å²) in [6.45, 7) is 3.43. The van der Waals surface area contributed by atoms with Gasteiger partial charge in [0.25, 0.3) is 0 Å². The molecule has 0 radical (unpaired) electrons. The van der Waals surface area contributed by atoms with Crippen LogP contribution >= 0.6 is 11.3 Å². The highest BCUT2D eigenvalue weighted by Gasteiger charge is 2.16. The summed E-state index contributed by atoms with van der Waals surface area (Å²) in [4.78, 5) is 7.01. The summed E-state index contributed by atoms with van der Waals surface area (Å²) in [6.07, 6.45) is 2.64. The average molecular weight is 261 g/mol. The lowest BCUT2D eigenvalue weighted by atomic mass is 9.99. The van der Waals surface area contributed by atoms with E-state index in [0.29, 0.717) is 0 Å². The first kappa shape index (κ1) is 11.9. The lowest BCUT2D eigenvalue weighted by molar-refractivity contribution is 0.381. The van der Waals surface area contributed by atoms with Crippen molar-refractivity contribution in [1.29, 1.82) is 0 Å². The van der Waals surface area contributed by atoms with E-state index in [4.69, 9.17) is 4.98 Å². The summed E-state index contributed by atoms with van der Waals surface area (Å²) in [7, 11) is 2.16. The van der Waals surface area contributed by atoms with Crippen LogP contribution in [0.4, 0.5) is 5.13 Å². The zero-order valence-electron chi connectivity index (χ0n) is 10.7. The average Bonchev–Trinajstić information content (AvgIpc) is 2.84. The molecule has 2 aromatic rings. The second kappa shape index (κ2) is 5.24. The van der Waals surface area contributed by atoms with Gasteiger partial charge in [-0.25, -0.2) is 4.98 Å². The molecule has 1 unspecified atom stereocenters. The van der Waals surface area contributed by atoms with Crippen LogP contribution < -0.4 is 10.2 Å². The number of hydrogen-bond acceptors (Lipinski definition) is 4. The molecule has 1 aromatic carbocycles. The van der Waals surface area contributed by atoms with Crippen LogP contribution in [0.3, 0.4) is 0 Å². The molecule has 1 aromatic heterocycles. The van der Waals surface area contributed by atoms with E-state index in [1.54, 1.807) is 11.3 Å². The number of nitrogens with one attached hydrogen (secondary N) is 1. The second-order valence-electron chi connectivity index (χ2n) is 5.06. The van der Waals surface area contributed by atoms with Gasteiger partial charge in [0.05, 0.1) is 10.2 Å². The molecule has 18 heavy (non-hydrogen) atoms. The first-order valence-electron chi connectivity index (χ1n) is 6.60. The molecule has 0 amide bonds. The Morgan fingerprint density at radius 3 is 3.11 bits per heavy atom. The number of hydrogen-bond donors (Lipinski definition) is 1. The molecule has 1 N–H and O–H groups in total. The summed E-state index contributed by atoms with van der Waals surface area (Å²) < 4.78 is 1.28. The number of fused-ring (bicyclic) bond motifs is 1. The molecule has 0 bridgehead atoms. The second-order valence-corrected chi connectivity index (χ2v) is 6.07. The molecular weight excluding hydrogens is 242 g/mol. The lowest BCUT2D eigenvalue weighted by Gasteiger charge is -2.27. The van der Waals surface area contributed by atoms with E-state index in [-0.39, 0.29) is 0 Å². The third-order valence-electron chi connectivity index (χ3n) is 3.54. The number of aromatic nitrogens is 1. The third kappa shape index (κ3) is 2.49. The first-order valence-corrected chi connectivity index (χ1v) is 7.42. The largest absolute Gasteiger partial charge is 0.351 e. The Hall–Kier alpha value is -1.13. The number of anilines is 1. The fourth-order valence-corrected chi connectivity index (χ4v) is 3.50. The number of piperidine rings is 1. The Labute approximate surface area is 112 Å². The van der Waals surface area contributed by atoms with E-state index in [1.807, 2.05) is 0 Å². The van der Waals surface area contributed by atoms with Gasteiger partial charge in [0.15, 0.2) is 5.13 Å². The molecule has 4 heteroatoms. The Kier molecular flexibility index (Phi) is 3.48. The minimum Gasteiger partial charge on any atom is -0.351 e. The third-order valence-corrected chi connectivity index (χ3v) is 4.69. The van der Waals surface area contributed by atoms with Gasteiger partial charge in [0.1, 0.15) is 0 Å². The van der Waals surface area contributed by atoms with Crippen molar-refractivity contribution in [3.63, 3.8) is 0 Å². The van der Waals surface area contributed by atoms with Crippen molar-refractivity contribution in [2.75, 3.05) is 31.6 Å². The van der Waals surface area contributed by atoms with Crippen molar-refractivity contribution in [2.24, 2.45) is 5.92 Å². The Morgan fingerprint density at radius 2 is 2.33 bits per heavy atom. The van der Waals surface area contributed by atoms with Gasteiger partial charge in [0.2, 0.25) is 0 Å². The van der Waals surface area contributed by atoms with E-state index in [9.17, 15) is 0 Å². The van der Waals surface area contributed by atoms with Crippen molar-refractivity contribution in [3.05, 3.63) is 24.3 Å². The Morgan fingerprint density at radius 1 is 1.44 bits per heavy atom. The van der Waals surface area contributed by atoms with Crippen LogP contribution in [0, 0.1) is 5.92 Å². The smallest absolute Gasteiger partial charge is 0.186 e. The molecule has 1 fully saturated rings. The van der Waals surface area contributed by atoms with E-state index >= 15 is 0 Å². The van der Waals surface area contributed by atoms with Gasteiger partial charge in [-0.2, -0.15) is 0 Å². The number of thiazole rings is 1. The molecule has 0 spiro atoms. The highest BCUT2D eigenvalue weighted by atomic mass is 32.1. The topological polar surface area (TPSA) is 28.2 Å². The van der Waals surface area contributed by atoms with Crippen molar-refractivity contribution < 1.29 is 0 Å². The van der Waals surface area contributed by atoms with Crippen molar-refractivity contribution in [2.45, 2.75) is 12.8 Å². The van der Waals surface area contributed by atoms with E-state index in [1.165, 1.54) is 24.1 Å². The predicted octanol–water partition coefficient (Wildman–Crippen LogP) is 2.73. The zero-order chi connectivity index (χ0) is 12.4. The molecule has 1 aliphatic heterocycles. The maximum atomic E-state index is 4.70. The van der Waals surface area contributed by atoms with Gasteiger partial charge in [-0.05, 0) is 44.0 Å². The number of benzene rings is 1. The van der Waals surface area contributed by atoms with Gasteiger partial charge in [-0.3, -0.25) is 0 Å². The van der Waals surface area contributed by atoms with E-state index in [0.717, 1.165) is 29.7 Å². The highest BCUT2D eigenvalue weighted by molar-refractivity contribution is 7.22. The molecule has 1 saturated heterocycles. The van der Waals surface area contributed by atoms with Crippen LogP contribution in [0.1, 0.15) is 12.8 Å². The van der Waals surface area contributed by atoms with Crippen molar-refractivity contribution in [1.82, 2.24) is 10.3 Å².